The summed E-state index contributed by atoms with van der Waals surface area (Å²) in [5.74, 6) is -1.44. The molecule has 1 amide bonds. The molecule has 1 aromatic rings. The van der Waals surface area contributed by atoms with E-state index >= 15 is 0 Å². The van der Waals surface area contributed by atoms with Crippen LogP contribution in [0.25, 0.3) is 0 Å². The molecule has 1 aliphatic heterocycles. The topological polar surface area (TPSA) is 127 Å². The van der Waals surface area contributed by atoms with Crippen molar-refractivity contribution in [3.05, 3.63) is 29.8 Å². The fourth-order valence-electron chi connectivity index (χ4n) is 11.8. The standard InChI is InChI=1S/C33H46N2O8/c1-6-35-17-30(43-29(37)21-9-7-8-10-23(21)34-18(2)36)12-11-26(41-4)32-24(30)15-22(27(32)35)31(38)16-20(40-3)13-19-14-25(32)33(31,39)28(19)42-5/h7-10,19-20,22,24-28,38-39H,6,11-17H2,1-5H3,(H,34,36)/t19-,20+,22+,24?,25-,26-,27?,28-,30+,31-,32-,33-/m0/s1. The number of hydrogen-bond donors (Lipinski definition) is 3. The Morgan fingerprint density at radius 1 is 1.05 bits per heavy atom. The predicted octanol–water partition coefficient (Wildman–Crippen LogP) is 2.61. The Kier molecular flexibility index (Phi) is 6.86. The summed E-state index contributed by atoms with van der Waals surface area (Å²) in [5.41, 5.74) is -3.59. The van der Waals surface area contributed by atoms with Crippen LogP contribution in [-0.2, 0) is 23.7 Å². The highest BCUT2D eigenvalue weighted by molar-refractivity contribution is 6.00. The molecule has 1 spiro atoms. The summed E-state index contributed by atoms with van der Waals surface area (Å²) in [6.45, 7) is 4.79. The first-order valence-electron chi connectivity index (χ1n) is 15.9. The molecule has 236 valence electrons. The van der Waals surface area contributed by atoms with Crippen LogP contribution in [0, 0.1) is 29.1 Å². The molecule has 6 aliphatic rings. The lowest BCUT2D eigenvalue weighted by atomic mass is 9.43. The molecule has 5 aliphatic carbocycles. The zero-order chi connectivity index (χ0) is 30.5. The number of methoxy groups -OCH3 is 3. The van der Waals surface area contributed by atoms with Gasteiger partial charge in [0, 0.05) is 70.4 Å². The molecule has 5 saturated carbocycles. The second kappa shape index (κ2) is 9.96. The minimum absolute atomic E-state index is 0.0180. The minimum atomic E-state index is -1.49. The van der Waals surface area contributed by atoms with Crippen molar-refractivity contribution in [1.82, 2.24) is 4.90 Å². The summed E-state index contributed by atoms with van der Waals surface area (Å²) < 4.78 is 25.1. The Labute approximate surface area is 253 Å². The highest BCUT2D eigenvalue weighted by Crippen LogP contribution is 2.78. The van der Waals surface area contributed by atoms with Gasteiger partial charge in [0.1, 0.15) is 16.8 Å². The lowest BCUT2D eigenvalue weighted by Crippen LogP contribution is -2.82. The van der Waals surface area contributed by atoms with Gasteiger partial charge >= 0.3 is 5.97 Å². The Morgan fingerprint density at radius 3 is 2.49 bits per heavy atom. The lowest BCUT2D eigenvalue weighted by Gasteiger charge is -2.70. The van der Waals surface area contributed by atoms with Crippen molar-refractivity contribution in [3.63, 3.8) is 0 Å². The second-order valence-electron chi connectivity index (χ2n) is 14.1. The van der Waals surface area contributed by atoms with E-state index in [1.807, 2.05) is 0 Å². The first-order valence-corrected chi connectivity index (χ1v) is 15.9. The third-order valence-corrected chi connectivity index (χ3v) is 12.9. The third-order valence-electron chi connectivity index (χ3n) is 12.9. The summed E-state index contributed by atoms with van der Waals surface area (Å²) in [6, 6.07) is 6.90. The summed E-state index contributed by atoms with van der Waals surface area (Å²) in [6.07, 6.45) is 2.74. The van der Waals surface area contributed by atoms with Gasteiger partial charge in [0.05, 0.1) is 29.6 Å². The molecule has 0 radical (unpaired) electrons. The van der Waals surface area contributed by atoms with Gasteiger partial charge in [0.15, 0.2) is 0 Å². The molecule has 2 unspecified atom stereocenters. The van der Waals surface area contributed by atoms with Gasteiger partial charge in [-0.2, -0.15) is 0 Å². The molecule has 7 bridgehead atoms. The first kappa shape index (κ1) is 29.6. The van der Waals surface area contributed by atoms with Crippen LogP contribution in [0.5, 0.6) is 0 Å². The van der Waals surface area contributed by atoms with Crippen molar-refractivity contribution in [1.29, 1.82) is 0 Å². The number of hydrogen-bond acceptors (Lipinski definition) is 9. The number of ether oxygens (including phenoxy) is 4. The van der Waals surface area contributed by atoms with Crippen LogP contribution in [0.3, 0.4) is 0 Å². The summed E-state index contributed by atoms with van der Waals surface area (Å²) in [4.78, 5) is 28.4. The van der Waals surface area contributed by atoms with Crippen molar-refractivity contribution in [2.75, 3.05) is 39.7 Å². The number of anilines is 1. The van der Waals surface area contributed by atoms with Crippen molar-refractivity contribution < 1.29 is 38.7 Å². The quantitative estimate of drug-likeness (QED) is 0.406. The molecule has 10 nitrogen and oxygen atoms in total. The Bertz CT molecular complexity index is 1310. The summed E-state index contributed by atoms with van der Waals surface area (Å²) in [7, 11) is 5.09. The number of carbonyl (C=O) groups is 2. The van der Waals surface area contributed by atoms with Crippen LogP contribution in [0.1, 0.15) is 62.7 Å². The highest BCUT2D eigenvalue weighted by Gasteiger charge is 2.88. The SMILES string of the molecule is CCN1C[C@]2(OC(=O)c3ccccc3NC(C)=O)CC[C@H](OC)[C@]34C1[C@@H](CC23)[C@@]1(O)C[C@H](OC)C[C@H]2C[C@@H]4[C@]1(O)[C@H]2OC. The normalized spacial score (nSPS) is 47.6. The molecule has 12 atom stereocenters. The zero-order valence-corrected chi connectivity index (χ0v) is 25.9. The molecule has 1 saturated heterocycles. The van der Waals surface area contributed by atoms with E-state index in [0.29, 0.717) is 62.9 Å². The molecule has 10 heteroatoms. The number of likely N-dealkylation sites (N-methyl/N-ethyl adjacent to an activating group) is 1. The summed E-state index contributed by atoms with van der Waals surface area (Å²) >= 11 is 0. The molecular weight excluding hydrogens is 552 g/mol. The number of esters is 1. The van der Waals surface area contributed by atoms with E-state index in [1.54, 1.807) is 45.6 Å². The number of fused-ring (bicyclic) bond motifs is 2. The van der Waals surface area contributed by atoms with Crippen LogP contribution in [0.15, 0.2) is 24.3 Å². The molecule has 7 rings (SSSR count). The smallest absolute Gasteiger partial charge is 0.340 e. The molecular formula is C33H46N2O8. The van der Waals surface area contributed by atoms with Gasteiger partial charge in [0.25, 0.3) is 0 Å². The van der Waals surface area contributed by atoms with E-state index in [0.717, 1.165) is 0 Å². The number of piperidine rings is 1. The van der Waals surface area contributed by atoms with Gasteiger partial charge in [-0.15, -0.1) is 0 Å². The van der Waals surface area contributed by atoms with Crippen molar-refractivity contribution in [2.24, 2.45) is 29.1 Å². The second-order valence-corrected chi connectivity index (χ2v) is 14.1. The number of nitrogens with one attached hydrogen (secondary N) is 1. The number of likely N-dealkylation sites (tertiary alicyclic amines) is 1. The van der Waals surface area contributed by atoms with E-state index in [4.69, 9.17) is 18.9 Å². The average Bonchev–Trinajstić information content (AvgIpc) is 3.38. The number of nitrogens with zero attached hydrogens (tertiary/aromatic N) is 1. The van der Waals surface area contributed by atoms with Crippen molar-refractivity contribution in [2.45, 2.75) is 93.5 Å². The van der Waals surface area contributed by atoms with Gasteiger partial charge in [-0.1, -0.05) is 19.1 Å². The van der Waals surface area contributed by atoms with Crippen molar-refractivity contribution in [3.8, 4) is 0 Å². The fourth-order valence-corrected chi connectivity index (χ4v) is 11.8. The monoisotopic (exact) mass is 598 g/mol. The van der Waals surface area contributed by atoms with E-state index in [9.17, 15) is 19.8 Å². The maximum atomic E-state index is 14.1. The number of carbonyl (C=O) groups excluding carboxylic acids is 2. The van der Waals surface area contributed by atoms with Gasteiger partial charge in [-0.25, -0.2) is 4.79 Å². The zero-order valence-electron chi connectivity index (χ0n) is 25.9. The summed E-state index contributed by atoms with van der Waals surface area (Å²) in [5, 5.41) is 28.8. The molecule has 6 fully saturated rings. The number of aliphatic hydroxyl groups is 2. The average molecular weight is 599 g/mol. The molecule has 43 heavy (non-hydrogen) atoms. The van der Waals surface area contributed by atoms with Crippen LogP contribution >= 0.6 is 0 Å². The maximum Gasteiger partial charge on any atom is 0.340 e. The largest absolute Gasteiger partial charge is 0.454 e. The fraction of sp³-hybridized carbons (Fsp3) is 0.758. The van der Waals surface area contributed by atoms with Crippen LogP contribution in [0.4, 0.5) is 5.69 Å². The molecule has 1 heterocycles. The lowest BCUT2D eigenvalue weighted by molar-refractivity contribution is -0.328. The van der Waals surface area contributed by atoms with Crippen LogP contribution in [-0.4, -0.2) is 103 Å². The molecule has 3 N–H and O–H groups in total. The number of benzene rings is 1. The van der Waals surface area contributed by atoms with Gasteiger partial charge < -0.3 is 34.5 Å². The third kappa shape index (κ3) is 3.56. The van der Waals surface area contributed by atoms with Gasteiger partial charge in [-0.05, 0) is 56.7 Å². The van der Waals surface area contributed by atoms with Crippen molar-refractivity contribution >= 4 is 17.6 Å². The molecule has 1 aromatic carbocycles. The predicted molar refractivity (Wildman–Crippen MR) is 156 cm³/mol. The van der Waals surface area contributed by atoms with Gasteiger partial charge in [-0.3, -0.25) is 9.69 Å². The van der Waals surface area contributed by atoms with Crippen LogP contribution < -0.4 is 5.32 Å². The number of rotatable bonds is 7. The van der Waals surface area contributed by atoms with E-state index in [2.05, 4.69) is 17.1 Å². The molecule has 0 aromatic heterocycles. The Hall–Kier alpha value is -2.08. The van der Waals surface area contributed by atoms with E-state index in [1.165, 1.54) is 6.92 Å². The Morgan fingerprint density at radius 2 is 1.81 bits per heavy atom. The maximum absolute atomic E-state index is 14.1. The van der Waals surface area contributed by atoms with E-state index in [-0.39, 0.29) is 47.8 Å². The van der Waals surface area contributed by atoms with Crippen LogP contribution in [0.2, 0.25) is 0 Å². The Balaban J connectivity index is 1.39. The van der Waals surface area contributed by atoms with Gasteiger partial charge in [0.2, 0.25) is 5.91 Å². The van der Waals surface area contributed by atoms with E-state index < -0.39 is 34.3 Å². The number of amides is 1. The highest BCUT2D eigenvalue weighted by atomic mass is 16.6. The minimum Gasteiger partial charge on any atom is -0.454 e. The number of para-hydroxylation sites is 1. The first-order chi connectivity index (χ1) is 20.5.